The van der Waals surface area contributed by atoms with Crippen LogP contribution in [0.5, 0.6) is 0 Å². The van der Waals surface area contributed by atoms with Gasteiger partial charge in [0.25, 0.3) is 0 Å². The zero-order valence-electron chi connectivity index (χ0n) is 36.7. The van der Waals surface area contributed by atoms with Crippen LogP contribution >= 0.6 is 0 Å². The zero-order valence-corrected chi connectivity index (χ0v) is 36.7. The van der Waals surface area contributed by atoms with Gasteiger partial charge in [-0.15, -0.1) is 0 Å². The molecule has 4 heterocycles. The molecule has 12 unspecified atom stereocenters. The molecule has 1 saturated carbocycles. The van der Waals surface area contributed by atoms with Crippen molar-refractivity contribution in [2.45, 2.75) is 190 Å². The van der Waals surface area contributed by atoms with Gasteiger partial charge in [-0.1, -0.05) is 75.9 Å². The van der Waals surface area contributed by atoms with Crippen molar-refractivity contribution >= 4 is 23.9 Å². The number of benzene rings is 1. The van der Waals surface area contributed by atoms with E-state index in [2.05, 4.69) is 19.2 Å². The topological polar surface area (TPSA) is 232 Å². The summed E-state index contributed by atoms with van der Waals surface area (Å²) in [6, 6.07) is 5.33. The molecule has 0 aromatic heterocycles. The van der Waals surface area contributed by atoms with Crippen molar-refractivity contribution in [3.63, 3.8) is 0 Å². The molecule has 1 amide bonds. The van der Waals surface area contributed by atoms with E-state index < -0.39 is 115 Å². The normalized spacial score (nSPS) is 33.3. The quantitative estimate of drug-likeness (QED) is 0.0770. The Morgan fingerprint density at radius 1 is 0.984 bits per heavy atom. The van der Waals surface area contributed by atoms with Crippen LogP contribution in [0, 0.1) is 5.41 Å². The number of ether oxygens (including phenoxy) is 6. The monoisotopic (exact) mass is 876 g/mol. The number of hydrogen-bond donors (Lipinski definition) is 6. The molecule has 5 aliphatic rings. The molecule has 6 N–H and O–H groups in total. The van der Waals surface area contributed by atoms with Crippen LogP contribution in [0.1, 0.15) is 116 Å². The second-order valence-electron chi connectivity index (χ2n) is 18.3. The van der Waals surface area contributed by atoms with E-state index in [9.17, 15) is 39.9 Å². The number of carbonyl (C=O) groups excluding carboxylic acids is 3. The van der Waals surface area contributed by atoms with Gasteiger partial charge in [0, 0.05) is 25.7 Å². The lowest BCUT2D eigenvalue weighted by Gasteiger charge is -2.49. The number of rotatable bonds is 21. The van der Waals surface area contributed by atoms with E-state index in [4.69, 9.17) is 33.3 Å². The fourth-order valence-corrected chi connectivity index (χ4v) is 9.45. The van der Waals surface area contributed by atoms with E-state index >= 15 is 0 Å². The van der Waals surface area contributed by atoms with E-state index in [1.54, 1.807) is 32.9 Å². The van der Waals surface area contributed by atoms with Gasteiger partial charge in [-0.2, -0.15) is 5.06 Å². The zero-order chi connectivity index (χ0) is 44.8. The van der Waals surface area contributed by atoms with Gasteiger partial charge < -0.3 is 59.3 Å². The summed E-state index contributed by atoms with van der Waals surface area (Å²) < 4.78 is 36.6. The minimum Gasteiger partial charge on any atom is -0.460 e. The number of carbonyl (C=O) groups is 3. The van der Waals surface area contributed by atoms with Gasteiger partial charge in [-0.3, -0.25) is 19.2 Å². The molecule has 4 aliphatic heterocycles. The van der Waals surface area contributed by atoms with Crippen molar-refractivity contribution in [2.24, 2.45) is 5.41 Å². The lowest BCUT2D eigenvalue weighted by atomic mass is 9.62. The first-order valence-corrected chi connectivity index (χ1v) is 22.4. The van der Waals surface area contributed by atoms with E-state index in [0.29, 0.717) is 12.8 Å². The number of fused-ring (bicyclic) bond motifs is 4. The highest BCUT2D eigenvalue weighted by molar-refractivity contribution is 5.94. The Labute approximate surface area is 363 Å². The van der Waals surface area contributed by atoms with Gasteiger partial charge in [0.1, 0.15) is 59.8 Å². The summed E-state index contributed by atoms with van der Waals surface area (Å²) in [5, 5.41) is 55.1. The van der Waals surface area contributed by atoms with Crippen molar-refractivity contribution in [3.8, 4) is 0 Å². The molecule has 62 heavy (non-hydrogen) atoms. The first kappa shape index (κ1) is 48.4. The van der Waals surface area contributed by atoms with Crippen LogP contribution in [0.3, 0.4) is 0 Å². The van der Waals surface area contributed by atoms with Crippen LogP contribution in [0.4, 0.5) is 0 Å². The third-order valence-electron chi connectivity index (χ3n) is 12.6. The summed E-state index contributed by atoms with van der Waals surface area (Å²) in [5.41, 5.74) is -0.779. The summed E-state index contributed by atoms with van der Waals surface area (Å²) in [6.45, 7) is 8.49. The Bertz CT molecular complexity index is 1690. The number of aliphatic hydroxyl groups excluding tert-OH is 5. The summed E-state index contributed by atoms with van der Waals surface area (Å²) in [4.78, 5) is 48.8. The number of unbranched alkanes of at least 4 members (excludes halogenated alkanes) is 4. The Kier molecular flexibility index (Phi) is 16.3. The smallest absolute Gasteiger partial charge is 0.327 e. The van der Waals surface area contributed by atoms with Crippen LogP contribution in [0.2, 0.25) is 0 Å². The number of hydroxylamine groups is 2. The SMILES string of the molecule is CCCCCC1(CCCCC)OC2C3CC4(C(=O)NC(CO)CCC(=O)OC(C)(C)C)C(ON(Cc5ccccc5C=CCOC5OC(CO)C(O)C(O)C5O)C4C(=O)O3)C2O1. The van der Waals surface area contributed by atoms with Crippen LogP contribution < -0.4 is 5.32 Å². The first-order valence-electron chi connectivity index (χ1n) is 22.4. The van der Waals surface area contributed by atoms with Gasteiger partial charge in [0.2, 0.25) is 5.91 Å². The number of esters is 2. The van der Waals surface area contributed by atoms with Gasteiger partial charge in [-0.25, -0.2) is 0 Å². The number of nitrogens with zero attached hydrogens (tertiary/aromatic N) is 1. The molecule has 1 aliphatic carbocycles. The second kappa shape index (κ2) is 20.8. The molecular formula is C45H68N2O15. The summed E-state index contributed by atoms with van der Waals surface area (Å²) in [6.07, 6.45) is 0.266. The van der Waals surface area contributed by atoms with Gasteiger partial charge in [-0.05, 0) is 51.2 Å². The maximum absolute atomic E-state index is 15.0. The van der Waals surface area contributed by atoms with Crippen molar-refractivity contribution in [3.05, 3.63) is 41.5 Å². The van der Waals surface area contributed by atoms with Crippen molar-refractivity contribution in [1.82, 2.24) is 10.4 Å². The minimum absolute atomic E-state index is 0.0442. The predicted octanol–water partition coefficient (Wildman–Crippen LogP) is 2.56. The molecule has 4 saturated heterocycles. The Balaban J connectivity index is 1.27. The summed E-state index contributed by atoms with van der Waals surface area (Å²) in [5.74, 6) is -2.59. The highest BCUT2D eigenvalue weighted by Gasteiger charge is 2.76. The molecule has 1 aromatic rings. The van der Waals surface area contributed by atoms with E-state index in [0.717, 1.165) is 49.7 Å². The van der Waals surface area contributed by atoms with Crippen molar-refractivity contribution in [1.29, 1.82) is 0 Å². The van der Waals surface area contributed by atoms with Crippen molar-refractivity contribution in [2.75, 3.05) is 19.8 Å². The van der Waals surface area contributed by atoms with E-state index in [1.807, 2.05) is 24.3 Å². The summed E-state index contributed by atoms with van der Waals surface area (Å²) >= 11 is 0. The number of aliphatic hydroxyl groups is 5. The number of nitrogens with one attached hydrogen (secondary N) is 1. The number of amides is 1. The molecule has 6 rings (SSSR count). The third kappa shape index (κ3) is 10.5. The highest BCUT2D eigenvalue weighted by Crippen LogP contribution is 2.58. The van der Waals surface area contributed by atoms with Gasteiger partial charge >= 0.3 is 11.9 Å². The Hall–Kier alpha value is -3.07. The second-order valence-corrected chi connectivity index (χ2v) is 18.3. The number of hydrogen-bond acceptors (Lipinski definition) is 16. The highest BCUT2D eigenvalue weighted by atomic mass is 16.8. The molecule has 17 nitrogen and oxygen atoms in total. The molecule has 2 bridgehead atoms. The maximum atomic E-state index is 15.0. The standard InChI is InChI=1S/C45H68N2O15/c1-6-8-12-20-44(21-13-9-7-2)60-36-30-23-45(42(55)46-29(25-48)18-19-32(50)59-43(3,4)5)38(40(54)57-30)47(62-39(45)37(36)61-44)24-28-16-11-10-15-27(28)17-14-22-56-41-35(53)34(52)33(51)31(26-49)58-41/h10-11,14-17,29-31,33-39,41,48-49,51-53H,6-9,12-13,18-26H2,1-5H3,(H,46,55). The van der Waals surface area contributed by atoms with Crippen LogP contribution in [0.15, 0.2) is 30.3 Å². The predicted molar refractivity (Wildman–Crippen MR) is 221 cm³/mol. The molecule has 0 radical (unpaired) electrons. The molecular weight excluding hydrogens is 808 g/mol. The fourth-order valence-electron chi connectivity index (χ4n) is 9.45. The molecule has 17 heteroatoms. The average molecular weight is 877 g/mol. The van der Waals surface area contributed by atoms with Crippen LogP contribution in [-0.4, -0.2) is 147 Å². The van der Waals surface area contributed by atoms with E-state index in [1.165, 1.54) is 5.06 Å². The largest absolute Gasteiger partial charge is 0.460 e. The van der Waals surface area contributed by atoms with Gasteiger partial charge in [0.05, 0.1) is 32.4 Å². The minimum atomic E-state index is -1.58. The van der Waals surface area contributed by atoms with Gasteiger partial charge in [0.15, 0.2) is 18.1 Å². The van der Waals surface area contributed by atoms with Crippen LogP contribution in [0.25, 0.3) is 6.08 Å². The first-order chi connectivity index (χ1) is 29.6. The summed E-state index contributed by atoms with van der Waals surface area (Å²) in [7, 11) is 0. The Morgan fingerprint density at radius 2 is 1.68 bits per heavy atom. The van der Waals surface area contributed by atoms with Crippen LogP contribution in [-0.2, 0) is 54.2 Å². The molecule has 1 aromatic carbocycles. The lowest BCUT2D eigenvalue weighted by Crippen LogP contribution is -2.70. The lowest BCUT2D eigenvalue weighted by molar-refractivity contribution is -0.298. The van der Waals surface area contributed by atoms with Crippen molar-refractivity contribution < 1.29 is 73.2 Å². The average Bonchev–Trinajstić information content (AvgIpc) is 3.79. The maximum Gasteiger partial charge on any atom is 0.327 e. The molecule has 348 valence electrons. The third-order valence-corrected chi connectivity index (χ3v) is 12.6. The molecule has 12 atom stereocenters. The molecule has 5 fully saturated rings. The fraction of sp³-hybridized carbons (Fsp3) is 0.756. The molecule has 0 spiro atoms. The van der Waals surface area contributed by atoms with E-state index in [-0.39, 0.29) is 32.4 Å². The Morgan fingerprint density at radius 3 is 2.34 bits per heavy atom.